The van der Waals surface area contributed by atoms with Gasteiger partial charge in [-0.25, -0.2) is 0 Å². The van der Waals surface area contributed by atoms with Crippen molar-refractivity contribution in [1.82, 2.24) is 0 Å². The molecule has 1 saturated carbocycles. The molecule has 2 aromatic carbocycles. The molecule has 30 heavy (non-hydrogen) atoms. The maximum Gasteiger partial charge on any atom is 0.416 e. The summed E-state index contributed by atoms with van der Waals surface area (Å²) >= 11 is 0. The van der Waals surface area contributed by atoms with Gasteiger partial charge in [0.1, 0.15) is 5.76 Å². The van der Waals surface area contributed by atoms with Crippen LogP contribution in [0.4, 0.5) is 24.5 Å². The van der Waals surface area contributed by atoms with Gasteiger partial charge >= 0.3 is 6.18 Å². The van der Waals surface area contributed by atoms with Crippen LogP contribution in [0.1, 0.15) is 29.0 Å². The summed E-state index contributed by atoms with van der Waals surface area (Å²) in [6.45, 7) is 0. The Kier molecular flexibility index (Phi) is 5.07. The first-order chi connectivity index (χ1) is 14.3. The first-order valence-corrected chi connectivity index (χ1v) is 9.29. The number of furan rings is 1. The molecule has 8 heteroatoms. The van der Waals surface area contributed by atoms with Crippen LogP contribution in [0.25, 0.3) is 11.3 Å². The summed E-state index contributed by atoms with van der Waals surface area (Å²) in [4.78, 5) is 24.2. The Morgan fingerprint density at radius 3 is 2.20 bits per heavy atom. The molecule has 0 spiro atoms. The zero-order chi connectivity index (χ0) is 21.3. The molecule has 1 aliphatic carbocycles. The molecular weight excluding hydrogens is 397 g/mol. The lowest BCUT2D eigenvalue weighted by Gasteiger charge is -2.08. The summed E-state index contributed by atoms with van der Waals surface area (Å²) < 4.78 is 44.1. The Bertz CT molecular complexity index is 1080. The van der Waals surface area contributed by atoms with Gasteiger partial charge in [0.25, 0.3) is 5.91 Å². The standard InChI is InChI=1S/C22H17F3N2O3/c23-22(24,25)15-3-1-2-14(12-15)18-10-11-19(30-18)21(29)27-17-8-6-16(7-9-17)26-20(28)13-4-5-13/h1-3,6-13H,4-5H2,(H,26,28)(H,27,29). The minimum atomic E-state index is -4.47. The lowest BCUT2D eigenvalue weighted by atomic mass is 10.1. The van der Waals surface area contributed by atoms with Crippen LogP contribution in [0.5, 0.6) is 0 Å². The fourth-order valence-corrected chi connectivity index (χ4v) is 2.88. The monoisotopic (exact) mass is 414 g/mol. The highest BCUT2D eigenvalue weighted by Gasteiger charge is 2.31. The number of carbonyl (C=O) groups is 2. The van der Waals surface area contributed by atoms with Gasteiger partial charge in [0, 0.05) is 22.9 Å². The zero-order valence-corrected chi connectivity index (χ0v) is 15.6. The first-order valence-electron chi connectivity index (χ1n) is 9.29. The molecule has 0 unspecified atom stereocenters. The highest BCUT2D eigenvalue weighted by molar-refractivity contribution is 6.02. The Labute approximate surface area is 169 Å². The fraction of sp³-hybridized carbons (Fsp3) is 0.182. The van der Waals surface area contributed by atoms with Crippen molar-refractivity contribution in [1.29, 1.82) is 0 Å². The molecule has 2 N–H and O–H groups in total. The van der Waals surface area contributed by atoms with E-state index < -0.39 is 17.6 Å². The fourth-order valence-electron chi connectivity index (χ4n) is 2.88. The molecule has 1 aliphatic rings. The maximum absolute atomic E-state index is 12.9. The number of rotatable bonds is 5. The molecule has 0 bridgehead atoms. The van der Waals surface area contributed by atoms with E-state index in [1.165, 1.54) is 24.3 Å². The molecule has 5 nitrogen and oxygen atoms in total. The van der Waals surface area contributed by atoms with Gasteiger partial charge in [0.2, 0.25) is 5.91 Å². The average Bonchev–Trinajstić information content (AvgIpc) is 3.45. The quantitative estimate of drug-likeness (QED) is 0.574. The van der Waals surface area contributed by atoms with E-state index in [-0.39, 0.29) is 28.9 Å². The molecule has 1 heterocycles. The minimum Gasteiger partial charge on any atom is -0.451 e. The third kappa shape index (κ3) is 4.53. The number of nitrogens with one attached hydrogen (secondary N) is 2. The van der Waals surface area contributed by atoms with Gasteiger partial charge in [-0.2, -0.15) is 13.2 Å². The van der Waals surface area contributed by atoms with Crippen LogP contribution in [-0.2, 0) is 11.0 Å². The normalized spacial score (nSPS) is 13.7. The molecular formula is C22H17F3N2O3. The largest absolute Gasteiger partial charge is 0.451 e. The van der Waals surface area contributed by atoms with Gasteiger partial charge in [-0.1, -0.05) is 12.1 Å². The maximum atomic E-state index is 12.9. The van der Waals surface area contributed by atoms with Crippen molar-refractivity contribution in [3.63, 3.8) is 0 Å². The second-order valence-corrected chi connectivity index (χ2v) is 7.04. The van der Waals surface area contributed by atoms with E-state index in [0.29, 0.717) is 11.4 Å². The topological polar surface area (TPSA) is 71.3 Å². The molecule has 1 fully saturated rings. The van der Waals surface area contributed by atoms with Gasteiger partial charge in [0.15, 0.2) is 5.76 Å². The van der Waals surface area contributed by atoms with Crippen LogP contribution in [0.15, 0.2) is 65.1 Å². The molecule has 0 aliphatic heterocycles. The minimum absolute atomic E-state index is 0.00973. The molecule has 0 radical (unpaired) electrons. The van der Waals surface area contributed by atoms with Crippen LogP contribution in [0.3, 0.4) is 0 Å². The number of anilines is 2. The average molecular weight is 414 g/mol. The van der Waals surface area contributed by atoms with Gasteiger partial charge in [0.05, 0.1) is 5.56 Å². The Balaban J connectivity index is 1.42. The molecule has 4 rings (SSSR count). The van der Waals surface area contributed by atoms with Gasteiger partial charge in [-0.05, 0) is 61.4 Å². The van der Waals surface area contributed by atoms with Crippen molar-refractivity contribution in [2.24, 2.45) is 5.92 Å². The SMILES string of the molecule is O=C(Nc1ccc(NC(=O)C2CC2)cc1)c1ccc(-c2cccc(C(F)(F)F)c2)o1. The van der Waals surface area contributed by atoms with Crippen molar-refractivity contribution in [3.05, 3.63) is 72.0 Å². The van der Waals surface area contributed by atoms with Crippen molar-refractivity contribution in [2.75, 3.05) is 10.6 Å². The van der Waals surface area contributed by atoms with Crippen LogP contribution in [0.2, 0.25) is 0 Å². The Morgan fingerprint density at radius 2 is 1.57 bits per heavy atom. The highest BCUT2D eigenvalue weighted by Crippen LogP contribution is 2.33. The zero-order valence-electron chi connectivity index (χ0n) is 15.6. The van der Waals surface area contributed by atoms with E-state index in [9.17, 15) is 22.8 Å². The third-order valence-electron chi connectivity index (χ3n) is 4.66. The van der Waals surface area contributed by atoms with E-state index in [2.05, 4.69) is 10.6 Å². The highest BCUT2D eigenvalue weighted by atomic mass is 19.4. The molecule has 0 atom stereocenters. The summed E-state index contributed by atoms with van der Waals surface area (Å²) in [5, 5.41) is 5.45. The van der Waals surface area contributed by atoms with Gasteiger partial charge < -0.3 is 15.1 Å². The van der Waals surface area contributed by atoms with Crippen molar-refractivity contribution >= 4 is 23.2 Å². The van der Waals surface area contributed by atoms with Crippen molar-refractivity contribution in [3.8, 4) is 11.3 Å². The Morgan fingerprint density at radius 1 is 0.900 bits per heavy atom. The van der Waals surface area contributed by atoms with E-state index in [1.807, 2.05) is 0 Å². The molecule has 1 aromatic heterocycles. The smallest absolute Gasteiger partial charge is 0.416 e. The van der Waals surface area contributed by atoms with Crippen LogP contribution < -0.4 is 10.6 Å². The second-order valence-electron chi connectivity index (χ2n) is 7.04. The summed E-state index contributed by atoms with van der Waals surface area (Å²) in [5.41, 5.74) is 0.548. The Hall–Kier alpha value is -3.55. The predicted molar refractivity (Wildman–Crippen MR) is 105 cm³/mol. The van der Waals surface area contributed by atoms with E-state index in [4.69, 9.17) is 4.42 Å². The van der Waals surface area contributed by atoms with Crippen molar-refractivity contribution < 1.29 is 27.2 Å². The van der Waals surface area contributed by atoms with E-state index >= 15 is 0 Å². The second kappa shape index (κ2) is 7.70. The predicted octanol–water partition coefficient (Wildman–Crippen LogP) is 5.57. The number of hydrogen-bond acceptors (Lipinski definition) is 3. The molecule has 154 valence electrons. The summed E-state index contributed by atoms with van der Waals surface area (Å²) in [7, 11) is 0. The first kappa shape index (κ1) is 19.8. The molecule has 0 saturated heterocycles. The lowest BCUT2D eigenvalue weighted by molar-refractivity contribution is -0.137. The summed E-state index contributed by atoms with van der Waals surface area (Å²) in [5.74, 6) is -0.334. The number of hydrogen-bond donors (Lipinski definition) is 2. The van der Waals surface area contributed by atoms with Gasteiger partial charge in [-0.3, -0.25) is 9.59 Å². The van der Waals surface area contributed by atoms with Crippen LogP contribution in [-0.4, -0.2) is 11.8 Å². The summed E-state index contributed by atoms with van der Waals surface area (Å²) in [6.07, 6.45) is -2.65. The van der Waals surface area contributed by atoms with E-state index in [1.54, 1.807) is 24.3 Å². The lowest BCUT2D eigenvalue weighted by Crippen LogP contribution is -2.13. The van der Waals surface area contributed by atoms with Crippen LogP contribution >= 0.6 is 0 Å². The third-order valence-corrected chi connectivity index (χ3v) is 4.66. The van der Waals surface area contributed by atoms with Crippen molar-refractivity contribution in [2.45, 2.75) is 19.0 Å². The number of carbonyl (C=O) groups excluding carboxylic acids is 2. The molecule has 3 aromatic rings. The summed E-state index contributed by atoms with van der Waals surface area (Å²) in [6, 6.07) is 14.2. The van der Waals surface area contributed by atoms with Gasteiger partial charge in [-0.15, -0.1) is 0 Å². The molecule has 2 amide bonds. The number of amides is 2. The number of alkyl halides is 3. The number of halogens is 3. The van der Waals surface area contributed by atoms with E-state index in [0.717, 1.165) is 25.0 Å². The number of benzene rings is 2. The van der Waals surface area contributed by atoms with Crippen LogP contribution in [0, 0.1) is 5.92 Å².